The van der Waals surface area contributed by atoms with Crippen LogP contribution in [0.1, 0.15) is 25.5 Å². The van der Waals surface area contributed by atoms with Gasteiger partial charge in [-0.25, -0.2) is 4.39 Å². The average molecular weight is 617 g/mol. The fourth-order valence-electron chi connectivity index (χ4n) is 3.31. The summed E-state index contributed by atoms with van der Waals surface area (Å²) in [6.45, 7) is 4.00. The molecule has 0 aliphatic heterocycles. The molecule has 0 radical (unpaired) electrons. The van der Waals surface area contributed by atoms with Crippen LogP contribution < -0.4 is 4.74 Å². The zero-order chi connectivity index (χ0) is 21.2. The minimum absolute atomic E-state index is 0.0305. The number of nitrogens with zero attached hydrogens (tertiary/aromatic N) is 1. The fraction of sp³-hybridized carbons (Fsp3) is 0.273. The second-order valence-electron chi connectivity index (χ2n) is 7.33. The summed E-state index contributed by atoms with van der Waals surface area (Å²) in [5, 5.41) is 9.55. The largest absolute Gasteiger partial charge is 0.454 e. The van der Waals surface area contributed by atoms with Gasteiger partial charge >= 0.3 is 5.97 Å². The van der Waals surface area contributed by atoms with Crippen LogP contribution in [-0.4, -0.2) is 5.97 Å². The van der Waals surface area contributed by atoms with Crippen LogP contribution in [0.3, 0.4) is 0 Å². The molecule has 3 rings (SSSR count). The Hall–Kier alpha value is -1.67. The average Bonchev–Trinajstić information content (AvgIpc) is 3.21. The van der Waals surface area contributed by atoms with Gasteiger partial charge in [-0.2, -0.15) is 5.26 Å². The predicted octanol–water partition coefficient (Wildman–Crippen LogP) is 6.71. The van der Waals surface area contributed by atoms with Gasteiger partial charge in [-0.3, -0.25) is 4.79 Å². The molecule has 0 aromatic heterocycles. The molecule has 0 heterocycles. The lowest BCUT2D eigenvalue weighted by atomic mass is 10.1. The van der Waals surface area contributed by atoms with E-state index in [1.165, 1.54) is 18.2 Å². The van der Waals surface area contributed by atoms with Gasteiger partial charge in [0.05, 0.1) is 5.92 Å². The van der Waals surface area contributed by atoms with Crippen molar-refractivity contribution in [1.82, 2.24) is 0 Å². The van der Waals surface area contributed by atoms with Gasteiger partial charge in [0, 0.05) is 7.15 Å². The summed E-state index contributed by atoms with van der Waals surface area (Å²) in [5.41, 5.74) is 0.144. The SMILES string of the molecule is CC1(C)[C@H](C(=O)O[C@H](C#N)c2ccc(F)c(Oc3ccccc3)c2)[C@@H]1C=C(I)I. The van der Waals surface area contributed by atoms with Crippen LogP contribution in [0, 0.1) is 34.4 Å². The molecule has 7 heteroatoms. The monoisotopic (exact) mass is 617 g/mol. The number of carbonyl (C=O) groups is 1. The topological polar surface area (TPSA) is 59.3 Å². The molecular weight excluding hydrogens is 599 g/mol. The van der Waals surface area contributed by atoms with Gasteiger partial charge in [-0.1, -0.05) is 44.2 Å². The molecule has 29 heavy (non-hydrogen) atoms. The van der Waals surface area contributed by atoms with Crippen LogP contribution in [0.2, 0.25) is 0 Å². The van der Waals surface area contributed by atoms with Crippen molar-refractivity contribution in [3.8, 4) is 17.6 Å². The Bertz CT molecular complexity index is 981. The van der Waals surface area contributed by atoms with Gasteiger partial charge in [0.15, 0.2) is 11.6 Å². The molecule has 0 spiro atoms. The third-order valence-corrected chi connectivity index (χ3v) is 5.77. The van der Waals surface area contributed by atoms with Gasteiger partial charge < -0.3 is 9.47 Å². The second-order valence-corrected chi connectivity index (χ2v) is 11.7. The first kappa shape index (κ1) is 22.0. The van der Waals surface area contributed by atoms with Crippen molar-refractivity contribution in [1.29, 1.82) is 5.26 Å². The first-order chi connectivity index (χ1) is 13.7. The lowest BCUT2D eigenvalue weighted by molar-refractivity contribution is -0.149. The molecule has 4 nitrogen and oxygen atoms in total. The Morgan fingerprint density at radius 1 is 1.24 bits per heavy atom. The van der Waals surface area contributed by atoms with Crippen molar-refractivity contribution in [3.63, 3.8) is 0 Å². The molecule has 1 fully saturated rings. The highest BCUT2D eigenvalue weighted by atomic mass is 127. The maximum atomic E-state index is 14.2. The van der Waals surface area contributed by atoms with Crippen LogP contribution in [0.4, 0.5) is 4.39 Å². The predicted molar refractivity (Wildman–Crippen MR) is 124 cm³/mol. The molecule has 2 aromatic rings. The maximum Gasteiger partial charge on any atom is 0.311 e. The lowest BCUT2D eigenvalue weighted by Gasteiger charge is -2.14. The van der Waals surface area contributed by atoms with Crippen molar-refractivity contribution in [2.45, 2.75) is 20.0 Å². The second kappa shape index (κ2) is 9.00. The quantitative estimate of drug-likeness (QED) is 0.267. The Kier molecular flexibility index (Phi) is 6.83. The van der Waals surface area contributed by atoms with Crippen molar-refractivity contribution >= 4 is 51.2 Å². The van der Waals surface area contributed by atoms with Gasteiger partial charge in [0.1, 0.15) is 11.8 Å². The van der Waals surface area contributed by atoms with E-state index in [9.17, 15) is 14.4 Å². The first-order valence-electron chi connectivity index (χ1n) is 8.89. The molecule has 0 amide bonds. The summed E-state index contributed by atoms with van der Waals surface area (Å²) in [5.74, 6) is -0.784. The Morgan fingerprint density at radius 3 is 2.55 bits per heavy atom. The molecule has 0 N–H and O–H groups in total. The number of para-hydroxylation sites is 1. The van der Waals surface area contributed by atoms with Crippen LogP contribution in [0.5, 0.6) is 11.5 Å². The number of hydrogen-bond acceptors (Lipinski definition) is 4. The minimum atomic E-state index is -1.14. The van der Waals surface area contributed by atoms with E-state index in [0.29, 0.717) is 11.3 Å². The number of nitriles is 1. The molecule has 0 bridgehead atoms. The fourth-order valence-corrected chi connectivity index (χ4v) is 4.08. The van der Waals surface area contributed by atoms with E-state index < -0.39 is 17.9 Å². The normalized spacial score (nSPS) is 20.1. The van der Waals surface area contributed by atoms with Crippen molar-refractivity contribution in [3.05, 3.63) is 67.6 Å². The van der Waals surface area contributed by atoms with E-state index in [1.807, 2.05) is 32.1 Å². The lowest BCUT2D eigenvalue weighted by Crippen LogP contribution is -2.14. The summed E-state index contributed by atoms with van der Waals surface area (Å²) in [6.07, 6.45) is 0.902. The molecule has 150 valence electrons. The van der Waals surface area contributed by atoms with Crippen LogP contribution in [0.25, 0.3) is 0 Å². The van der Waals surface area contributed by atoms with Gasteiger partial charge in [0.2, 0.25) is 6.10 Å². The standard InChI is InChI=1S/C22H18FI2NO3/c1-22(2)15(11-19(24)25)20(22)21(27)29-18(12-26)13-8-9-16(23)17(10-13)28-14-6-4-3-5-7-14/h3-11,15,18,20H,1-2H3/t15-,18+,20-/m0/s1. The third-order valence-electron chi connectivity index (χ3n) is 5.05. The molecule has 1 saturated carbocycles. The number of ether oxygens (including phenoxy) is 2. The van der Waals surface area contributed by atoms with Crippen molar-refractivity contribution in [2.24, 2.45) is 17.3 Å². The Morgan fingerprint density at radius 2 is 1.93 bits per heavy atom. The number of rotatable bonds is 6. The number of esters is 1. The summed E-state index contributed by atoms with van der Waals surface area (Å²) in [4.78, 5) is 12.7. The minimum Gasteiger partial charge on any atom is -0.454 e. The van der Waals surface area contributed by atoms with E-state index in [4.69, 9.17) is 9.47 Å². The number of halogens is 3. The summed E-state index contributed by atoms with van der Waals surface area (Å²) >= 11 is 4.40. The van der Waals surface area contributed by atoms with Crippen LogP contribution >= 0.6 is 45.2 Å². The van der Waals surface area contributed by atoms with Gasteiger partial charge in [0.25, 0.3) is 0 Å². The maximum absolute atomic E-state index is 14.2. The Balaban J connectivity index is 1.77. The molecule has 3 atom stereocenters. The molecule has 1 aliphatic carbocycles. The number of carbonyl (C=O) groups excluding carboxylic acids is 1. The summed E-state index contributed by atoms with van der Waals surface area (Å²) in [7, 11) is 0. The zero-order valence-electron chi connectivity index (χ0n) is 15.7. The van der Waals surface area contributed by atoms with Crippen molar-refractivity contribution in [2.75, 3.05) is 0 Å². The van der Waals surface area contributed by atoms with E-state index in [-0.39, 0.29) is 23.0 Å². The highest BCUT2D eigenvalue weighted by molar-refractivity contribution is 14.2. The molecule has 1 aliphatic rings. The third kappa shape index (κ3) is 5.09. The Labute approximate surface area is 196 Å². The molecule has 2 aromatic carbocycles. The highest BCUT2D eigenvalue weighted by Gasteiger charge is 2.61. The summed E-state index contributed by atoms with van der Waals surface area (Å²) < 4.78 is 26.3. The van der Waals surface area contributed by atoms with Crippen LogP contribution in [-0.2, 0) is 9.53 Å². The van der Waals surface area contributed by atoms with Gasteiger partial charge in [-0.05, 0) is 80.8 Å². The number of benzene rings is 2. The number of hydrogen-bond donors (Lipinski definition) is 0. The molecule has 0 saturated heterocycles. The van der Waals surface area contributed by atoms with Crippen molar-refractivity contribution < 1.29 is 18.7 Å². The smallest absolute Gasteiger partial charge is 0.311 e. The van der Waals surface area contributed by atoms with E-state index in [2.05, 4.69) is 45.2 Å². The molecule has 0 unspecified atom stereocenters. The zero-order valence-corrected chi connectivity index (χ0v) is 20.0. The first-order valence-corrected chi connectivity index (χ1v) is 11.0. The van der Waals surface area contributed by atoms with E-state index in [0.717, 1.165) is 1.59 Å². The summed E-state index contributed by atoms with van der Waals surface area (Å²) in [6, 6.07) is 14.8. The number of allylic oxidation sites excluding steroid dienone is 1. The highest BCUT2D eigenvalue weighted by Crippen LogP contribution is 2.60. The molecular formula is C22H18FI2NO3. The van der Waals surface area contributed by atoms with E-state index in [1.54, 1.807) is 24.3 Å². The van der Waals surface area contributed by atoms with Crippen LogP contribution in [0.15, 0.2) is 56.2 Å². The van der Waals surface area contributed by atoms with Gasteiger partial charge in [-0.15, -0.1) is 0 Å². The van der Waals surface area contributed by atoms with E-state index >= 15 is 0 Å².